The lowest BCUT2D eigenvalue weighted by Crippen LogP contribution is -2.16. The number of aromatic nitrogens is 1. The topological polar surface area (TPSA) is 68.5 Å². The van der Waals surface area contributed by atoms with Crippen molar-refractivity contribution in [2.45, 2.75) is 38.3 Å². The number of benzene rings is 3. The molecule has 0 bridgehead atoms. The number of halogens is 1. The average Bonchev–Trinajstić information content (AvgIpc) is 3.45. The third-order valence-electron chi connectivity index (χ3n) is 6.10. The molecule has 1 saturated carbocycles. The summed E-state index contributed by atoms with van der Waals surface area (Å²) in [6, 6.07) is 18.8. The van der Waals surface area contributed by atoms with Gasteiger partial charge in [-0.15, -0.1) is 0 Å². The van der Waals surface area contributed by atoms with E-state index < -0.39 is 5.97 Å². The van der Waals surface area contributed by atoms with Crippen molar-refractivity contribution in [2.75, 3.05) is 0 Å². The Hall–Kier alpha value is -3.09. The van der Waals surface area contributed by atoms with E-state index in [0.717, 1.165) is 45.4 Å². The van der Waals surface area contributed by atoms with Gasteiger partial charge in [0.1, 0.15) is 12.4 Å². The Morgan fingerprint density at radius 3 is 2.61 bits per heavy atom. The average molecular weight is 480 g/mol. The number of carboxylic acids is 1. The minimum Gasteiger partial charge on any atom is -0.489 e. The number of fused-ring (bicyclic) bond motifs is 1. The quantitative estimate of drug-likeness (QED) is 0.331. The standard InChI is InChI=1S/C26H22ClNO4S/c27-23-13-18(8-10-21(23)26(30)31)17-5-3-4-16(12-17)15-32-20-9-11-22-24(14-20)33-28(25(22)29)19-6-1-2-7-19/h3-5,8-14,19H,1-2,6-7,15H2,(H,30,31). The molecule has 0 amide bonds. The van der Waals surface area contributed by atoms with Crippen LogP contribution in [0.15, 0.2) is 65.5 Å². The van der Waals surface area contributed by atoms with Crippen molar-refractivity contribution in [3.05, 3.63) is 87.2 Å². The predicted octanol–water partition coefficient (Wildman–Crippen LogP) is 6.78. The van der Waals surface area contributed by atoms with Crippen LogP contribution in [0, 0.1) is 0 Å². The molecule has 0 radical (unpaired) electrons. The highest BCUT2D eigenvalue weighted by atomic mass is 35.5. The van der Waals surface area contributed by atoms with Crippen molar-refractivity contribution in [1.82, 2.24) is 3.96 Å². The zero-order chi connectivity index (χ0) is 22.9. The normalized spacial score (nSPS) is 14.1. The molecule has 7 heteroatoms. The fourth-order valence-electron chi connectivity index (χ4n) is 4.37. The summed E-state index contributed by atoms with van der Waals surface area (Å²) in [7, 11) is 0. The van der Waals surface area contributed by atoms with E-state index in [-0.39, 0.29) is 16.1 Å². The maximum atomic E-state index is 12.8. The number of aromatic carboxylic acids is 1. The van der Waals surface area contributed by atoms with Crippen molar-refractivity contribution in [3.63, 3.8) is 0 Å². The van der Waals surface area contributed by atoms with Gasteiger partial charge in [-0.3, -0.25) is 8.75 Å². The Morgan fingerprint density at radius 1 is 1.06 bits per heavy atom. The number of hydrogen-bond donors (Lipinski definition) is 1. The van der Waals surface area contributed by atoms with Gasteiger partial charge >= 0.3 is 5.97 Å². The number of carbonyl (C=O) groups is 1. The summed E-state index contributed by atoms with van der Waals surface area (Å²) in [5.74, 6) is -0.323. The number of hydrogen-bond acceptors (Lipinski definition) is 4. The van der Waals surface area contributed by atoms with Crippen LogP contribution >= 0.6 is 23.1 Å². The SMILES string of the molecule is O=C(O)c1ccc(-c2cccc(COc3ccc4c(=O)n(C5CCCC5)sc4c3)c2)cc1Cl. The Labute approximate surface area is 200 Å². The fraction of sp³-hybridized carbons (Fsp3) is 0.231. The van der Waals surface area contributed by atoms with E-state index in [9.17, 15) is 9.59 Å². The molecule has 0 saturated heterocycles. The molecule has 33 heavy (non-hydrogen) atoms. The lowest BCUT2D eigenvalue weighted by molar-refractivity contribution is 0.0697. The largest absolute Gasteiger partial charge is 0.489 e. The zero-order valence-electron chi connectivity index (χ0n) is 17.8. The fourth-order valence-corrected chi connectivity index (χ4v) is 5.80. The summed E-state index contributed by atoms with van der Waals surface area (Å²) in [5.41, 5.74) is 2.93. The minimum absolute atomic E-state index is 0.0827. The second kappa shape index (κ2) is 9.04. The summed E-state index contributed by atoms with van der Waals surface area (Å²) in [6.45, 7) is 0.374. The summed E-state index contributed by atoms with van der Waals surface area (Å²) < 4.78 is 8.92. The van der Waals surface area contributed by atoms with Gasteiger partial charge in [0, 0.05) is 6.04 Å². The van der Waals surface area contributed by atoms with E-state index in [1.807, 2.05) is 46.4 Å². The maximum Gasteiger partial charge on any atom is 0.337 e. The third kappa shape index (κ3) is 4.41. The van der Waals surface area contributed by atoms with Crippen LogP contribution in [-0.2, 0) is 6.61 Å². The lowest BCUT2D eigenvalue weighted by Gasteiger charge is -2.09. The van der Waals surface area contributed by atoms with E-state index in [1.54, 1.807) is 12.1 Å². The summed E-state index contributed by atoms with van der Waals surface area (Å²) in [6.07, 6.45) is 4.54. The van der Waals surface area contributed by atoms with E-state index in [0.29, 0.717) is 12.6 Å². The van der Waals surface area contributed by atoms with Crippen LogP contribution in [0.4, 0.5) is 0 Å². The van der Waals surface area contributed by atoms with Crippen molar-refractivity contribution < 1.29 is 14.6 Å². The molecule has 4 aromatic rings. The molecule has 0 unspecified atom stereocenters. The van der Waals surface area contributed by atoms with Crippen LogP contribution in [0.1, 0.15) is 47.6 Å². The highest BCUT2D eigenvalue weighted by molar-refractivity contribution is 7.13. The third-order valence-corrected chi connectivity index (χ3v) is 7.61. The van der Waals surface area contributed by atoms with Gasteiger partial charge in [0.05, 0.1) is 20.7 Å². The van der Waals surface area contributed by atoms with E-state index in [2.05, 4.69) is 0 Å². The highest BCUT2D eigenvalue weighted by Gasteiger charge is 2.21. The van der Waals surface area contributed by atoms with Crippen molar-refractivity contribution in [1.29, 1.82) is 0 Å². The van der Waals surface area contributed by atoms with Gasteiger partial charge < -0.3 is 9.84 Å². The van der Waals surface area contributed by atoms with Gasteiger partial charge in [-0.2, -0.15) is 0 Å². The Morgan fingerprint density at radius 2 is 1.85 bits per heavy atom. The second-order valence-electron chi connectivity index (χ2n) is 8.31. The minimum atomic E-state index is -1.05. The number of ether oxygens (including phenoxy) is 1. The van der Waals surface area contributed by atoms with Crippen LogP contribution in [0.3, 0.4) is 0 Å². The number of carboxylic acid groups (broad SMARTS) is 1. The monoisotopic (exact) mass is 479 g/mol. The van der Waals surface area contributed by atoms with Crippen LogP contribution in [-0.4, -0.2) is 15.0 Å². The highest BCUT2D eigenvalue weighted by Crippen LogP contribution is 2.33. The first-order valence-electron chi connectivity index (χ1n) is 10.9. The molecule has 1 fully saturated rings. The first kappa shape index (κ1) is 21.7. The molecule has 1 heterocycles. The number of nitrogens with zero attached hydrogens (tertiary/aromatic N) is 1. The smallest absolute Gasteiger partial charge is 0.337 e. The molecule has 1 aliphatic rings. The van der Waals surface area contributed by atoms with Crippen molar-refractivity contribution in [2.24, 2.45) is 0 Å². The number of rotatable bonds is 6. The van der Waals surface area contributed by atoms with Gasteiger partial charge in [-0.05, 0) is 65.9 Å². The molecule has 0 spiro atoms. The Balaban J connectivity index is 1.34. The van der Waals surface area contributed by atoms with Crippen LogP contribution in [0.25, 0.3) is 21.2 Å². The molecule has 1 aromatic heterocycles. The van der Waals surface area contributed by atoms with Crippen LogP contribution in [0.5, 0.6) is 5.75 Å². The molecule has 5 rings (SSSR count). The van der Waals surface area contributed by atoms with Crippen LogP contribution < -0.4 is 10.3 Å². The zero-order valence-corrected chi connectivity index (χ0v) is 19.4. The van der Waals surface area contributed by atoms with Gasteiger partial charge in [0.15, 0.2) is 0 Å². The lowest BCUT2D eigenvalue weighted by atomic mass is 10.0. The molecular weight excluding hydrogens is 458 g/mol. The van der Waals surface area contributed by atoms with Crippen molar-refractivity contribution in [3.8, 4) is 16.9 Å². The van der Waals surface area contributed by atoms with Crippen LogP contribution in [0.2, 0.25) is 5.02 Å². The summed E-state index contributed by atoms with van der Waals surface area (Å²) in [5, 5.41) is 10.1. The predicted molar refractivity (Wildman–Crippen MR) is 132 cm³/mol. The Kier molecular flexibility index (Phi) is 5.96. The first-order valence-corrected chi connectivity index (χ1v) is 12.1. The van der Waals surface area contributed by atoms with Gasteiger partial charge in [0.2, 0.25) is 0 Å². The molecule has 0 aliphatic heterocycles. The van der Waals surface area contributed by atoms with E-state index >= 15 is 0 Å². The van der Waals surface area contributed by atoms with E-state index in [4.69, 9.17) is 21.4 Å². The van der Waals surface area contributed by atoms with Gasteiger partial charge in [-0.1, -0.05) is 60.2 Å². The van der Waals surface area contributed by atoms with Gasteiger partial charge in [-0.25, -0.2) is 4.79 Å². The maximum absolute atomic E-state index is 12.8. The molecule has 3 aromatic carbocycles. The molecule has 0 atom stereocenters. The Bertz CT molecular complexity index is 1400. The summed E-state index contributed by atoms with van der Waals surface area (Å²) in [4.78, 5) is 23.9. The molecule has 5 nitrogen and oxygen atoms in total. The molecule has 1 N–H and O–H groups in total. The second-order valence-corrected chi connectivity index (χ2v) is 9.73. The van der Waals surface area contributed by atoms with E-state index in [1.165, 1.54) is 30.4 Å². The van der Waals surface area contributed by atoms with Crippen molar-refractivity contribution >= 4 is 39.2 Å². The molecule has 1 aliphatic carbocycles. The molecule has 168 valence electrons. The summed E-state index contributed by atoms with van der Waals surface area (Å²) >= 11 is 7.66. The first-order chi connectivity index (χ1) is 16.0. The van der Waals surface area contributed by atoms with Gasteiger partial charge in [0.25, 0.3) is 5.56 Å². The molecular formula is C26H22ClNO4S.